The minimum absolute atomic E-state index is 0.0176. The molecule has 2 aromatic carbocycles. The number of likely N-dealkylation sites (N-methyl/N-ethyl adjacent to an activating group) is 1. The fraction of sp³-hybridized carbons (Fsp3) is 0.455. The molecule has 0 spiro atoms. The lowest BCUT2D eigenvalue weighted by Gasteiger charge is -2.45. The lowest BCUT2D eigenvalue weighted by atomic mass is 9.99. The fourth-order valence-corrected chi connectivity index (χ4v) is 6.64. The highest BCUT2D eigenvalue weighted by Gasteiger charge is 2.37. The van der Waals surface area contributed by atoms with Gasteiger partial charge in [-0.05, 0) is 44.0 Å². The van der Waals surface area contributed by atoms with Crippen LogP contribution in [-0.4, -0.2) is 96.8 Å². The van der Waals surface area contributed by atoms with Crippen LogP contribution in [0.4, 0.5) is 11.5 Å². The van der Waals surface area contributed by atoms with Gasteiger partial charge in [-0.1, -0.05) is 42.4 Å². The van der Waals surface area contributed by atoms with Crippen LogP contribution < -0.4 is 14.5 Å². The molecule has 6 rings (SSSR count). The molecule has 2 saturated heterocycles. The summed E-state index contributed by atoms with van der Waals surface area (Å²) in [5.41, 5.74) is 3.08. The maximum atomic E-state index is 12.5. The monoisotopic (exact) mass is 615 g/mol. The number of benzene rings is 2. The Morgan fingerprint density at radius 3 is 2.75 bits per heavy atom. The maximum Gasteiger partial charge on any atom is 0.318 e. The fourth-order valence-electron chi connectivity index (χ4n) is 6.36. The quantitative estimate of drug-likeness (QED) is 0.330. The smallest absolute Gasteiger partial charge is 0.318 e. The number of hydrogen-bond donors (Lipinski definition) is 0. The summed E-state index contributed by atoms with van der Waals surface area (Å²) in [6.45, 7) is 11.3. The molecule has 11 heteroatoms. The van der Waals surface area contributed by atoms with Crippen molar-refractivity contribution in [3.05, 3.63) is 65.3 Å². The predicted molar refractivity (Wildman–Crippen MR) is 171 cm³/mol. The lowest BCUT2D eigenvalue weighted by molar-refractivity contribution is -0.128. The van der Waals surface area contributed by atoms with Crippen molar-refractivity contribution in [2.45, 2.75) is 37.9 Å². The predicted octanol–water partition coefficient (Wildman–Crippen LogP) is 4.06. The first-order chi connectivity index (χ1) is 21.3. The van der Waals surface area contributed by atoms with E-state index in [1.54, 1.807) is 4.90 Å². The Morgan fingerprint density at radius 2 is 2.02 bits per heavy atom. The molecule has 1 unspecified atom stereocenters. The summed E-state index contributed by atoms with van der Waals surface area (Å²) in [6.07, 6.45) is 2.29. The van der Waals surface area contributed by atoms with Crippen LogP contribution in [0.2, 0.25) is 5.02 Å². The molecule has 3 aromatic rings. The number of nitriles is 1. The number of hydrogen-bond acceptors (Lipinski definition) is 9. The van der Waals surface area contributed by atoms with Crippen LogP contribution in [-0.2, 0) is 22.5 Å². The third-order valence-electron chi connectivity index (χ3n) is 9.17. The largest absolute Gasteiger partial charge is 0.462 e. The average Bonchev–Trinajstić information content (AvgIpc) is 3.02. The first-order valence-electron chi connectivity index (χ1n) is 15.1. The van der Waals surface area contributed by atoms with Crippen molar-refractivity contribution < 1.29 is 14.3 Å². The second-order valence-electron chi connectivity index (χ2n) is 12.0. The summed E-state index contributed by atoms with van der Waals surface area (Å²) in [5.74, 6) is 0.666. The van der Waals surface area contributed by atoms with Gasteiger partial charge in [-0.2, -0.15) is 15.2 Å². The zero-order chi connectivity index (χ0) is 30.8. The van der Waals surface area contributed by atoms with E-state index in [4.69, 9.17) is 31.0 Å². The van der Waals surface area contributed by atoms with E-state index in [9.17, 15) is 10.1 Å². The third kappa shape index (κ3) is 5.80. The van der Waals surface area contributed by atoms with Gasteiger partial charge in [-0.3, -0.25) is 9.69 Å². The number of piperazine rings is 1. The Hall–Kier alpha value is -3.91. The van der Waals surface area contributed by atoms with E-state index in [0.717, 1.165) is 51.5 Å². The number of carbonyl (C=O) groups excluding carboxylic acids is 1. The highest BCUT2D eigenvalue weighted by molar-refractivity contribution is 6.36. The maximum absolute atomic E-state index is 12.5. The molecular weight excluding hydrogens is 578 g/mol. The second kappa shape index (κ2) is 12.6. The summed E-state index contributed by atoms with van der Waals surface area (Å²) in [6, 6.07) is 14.6. The van der Waals surface area contributed by atoms with Crippen LogP contribution in [0, 0.1) is 11.3 Å². The van der Waals surface area contributed by atoms with Crippen LogP contribution >= 0.6 is 11.6 Å². The van der Waals surface area contributed by atoms with Crippen molar-refractivity contribution >= 4 is 39.8 Å². The molecule has 10 nitrogen and oxygen atoms in total. The first-order valence-corrected chi connectivity index (χ1v) is 15.5. The number of carbonyl (C=O) groups is 1. The zero-order valence-electron chi connectivity index (χ0n) is 25.3. The molecule has 2 fully saturated rings. The van der Waals surface area contributed by atoms with Gasteiger partial charge in [-0.15, -0.1) is 0 Å². The standard InChI is InChI=1S/C33H38ClN7O3/c1-4-29(42)41-16-15-40(19-24(41)11-13-35)31-25-12-14-39(28-10-6-8-23-7-5-9-26(34)30(23)28)20-27(25)36-32(37-31)44-18-17-38(3)33(2)21-43-22-33/h4-10,24H,1,11-12,14-22H2,2-3H3. The zero-order valence-corrected chi connectivity index (χ0v) is 26.1. The van der Waals surface area contributed by atoms with E-state index in [-0.39, 0.29) is 23.9 Å². The molecule has 0 N–H and O–H groups in total. The van der Waals surface area contributed by atoms with Crippen molar-refractivity contribution in [3.63, 3.8) is 0 Å². The number of anilines is 2. The van der Waals surface area contributed by atoms with Crippen molar-refractivity contribution in [2.75, 3.05) is 69.4 Å². The molecule has 3 aliphatic heterocycles. The van der Waals surface area contributed by atoms with Gasteiger partial charge in [0, 0.05) is 49.4 Å². The van der Waals surface area contributed by atoms with Gasteiger partial charge in [0.25, 0.3) is 0 Å². The SMILES string of the molecule is C=CC(=O)N1CCN(c2nc(OCCN(C)C3(C)COC3)nc3c2CCN(c2cccc4cccc(Cl)c24)C3)CC1CC#N. The Balaban J connectivity index is 1.31. The molecule has 0 bridgehead atoms. The van der Waals surface area contributed by atoms with Crippen molar-refractivity contribution in [1.82, 2.24) is 19.8 Å². The van der Waals surface area contributed by atoms with E-state index in [1.807, 2.05) is 12.1 Å². The third-order valence-corrected chi connectivity index (χ3v) is 9.48. The van der Waals surface area contributed by atoms with Crippen molar-refractivity contribution in [3.8, 4) is 12.1 Å². The number of halogens is 1. The van der Waals surface area contributed by atoms with Gasteiger partial charge in [0.05, 0.1) is 54.5 Å². The van der Waals surface area contributed by atoms with Crippen LogP contribution in [0.15, 0.2) is 49.1 Å². The van der Waals surface area contributed by atoms with Gasteiger partial charge in [0.2, 0.25) is 5.91 Å². The molecule has 1 atom stereocenters. The number of aromatic nitrogens is 2. The Bertz CT molecular complexity index is 1600. The van der Waals surface area contributed by atoms with Gasteiger partial charge < -0.3 is 24.2 Å². The van der Waals surface area contributed by atoms with Crippen LogP contribution in [0.5, 0.6) is 6.01 Å². The van der Waals surface area contributed by atoms with Gasteiger partial charge in [0.1, 0.15) is 12.4 Å². The number of amides is 1. The summed E-state index contributed by atoms with van der Waals surface area (Å²) in [5, 5.41) is 12.4. The number of rotatable bonds is 9. The Morgan fingerprint density at radius 1 is 1.23 bits per heavy atom. The Labute approximate surface area is 263 Å². The number of fused-ring (bicyclic) bond motifs is 2. The van der Waals surface area contributed by atoms with Crippen LogP contribution in [0.3, 0.4) is 0 Å². The second-order valence-corrected chi connectivity index (χ2v) is 12.4. The number of ether oxygens (including phenoxy) is 2. The topological polar surface area (TPSA) is 98.1 Å². The minimum atomic E-state index is -0.258. The average molecular weight is 616 g/mol. The lowest BCUT2D eigenvalue weighted by Crippen LogP contribution is -2.59. The minimum Gasteiger partial charge on any atom is -0.462 e. The summed E-state index contributed by atoms with van der Waals surface area (Å²) < 4.78 is 11.6. The summed E-state index contributed by atoms with van der Waals surface area (Å²) in [7, 11) is 2.08. The molecular formula is C33H38ClN7O3. The highest BCUT2D eigenvalue weighted by atomic mass is 35.5. The Kier molecular flexibility index (Phi) is 8.63. The molecule has 0 saturated carbocycles. The normalized spacial score (nSPS) is 19.3. The van der Waals surface area contributed by atoms with E-state index < -0.39 is 0 Å². The molecule has 1 aromatic heterocycles. The molecule has 0 aliphatic carbocycles. The van der Waals surface area contributed by atoms with E-state index >= 15 is 0 Å². The van der Waals surface area contributed by atoms with Crippen molar-refractivity contribution in [2.24, 2.45) is 0 Å². The van der Waals surface area contributed by atoms with Gasteiger partial charge in [-0.25, -0.2) is 0 Å². The van der Waals surface area contributed by atoms with Gasteiger partial charge >= 0.3 is 6.01 Å². The molecule has 1 amide bonds. The van der Waals surface area contributed by atoms with E-state index in [1.165, 1.54) is 6.08 Å². The summed E-state index contributed by atoms with van der Waals surface area (Å²) in [4.78, 5) is 30.9. The molecule has 4 heterocycles. The van der Waals surface area contributed by atoms with Gasteiger partial charge in [0.15, 0.2) is 0 Å². The van der Waals surface area contributed by atoms with Crippen LogP contribution in [0.1, 0.15) is 24.6 Å². The molecule has 44 heavy (non-hydrogen) atoms. The molecule has 3 aliphatic rings. The summed E-state index contributed by atoms with van der Waals surface area (Å²) >= 11 is 6.70. The molecule has 0 radical (unpaired) electrons. The highest BCUT2D eigenvalue weighted by Crippen LogP contribution is 2.37. The van der Waals surface area contributed by atoms with E-state index in [0.29, 0.717) is 58.6 Å². The molecule has 230 valence electrons. The van der Waals surface area contributed by atoms with E-state index in [2.05, 4.69) is 65.6 Å². The van der Waals surface area contributed by atoms with Crippen molar-refractivity contribution in [1.29, 1.82) is 5.26 Å². The van der Waals surface area contributed by atoms with Crippen LogP contribution in [0.25, 0.3) is 10.8 Å². The number of nitrogens with zero attached hydrogens (tertiary/aromatic N) is 7. The first kappa shape index (κ1) is 30.1.